The largest absolute Gasteiger partial charge is 0.395 e. The van der Waals surface area contributed by atoms with Gasteiger partial charge in [0.05, 0.1) is 6.61 Å². The monoisotopic (exact) mass is 188 g/mol. The summed E-state index contributed by atoms with van der Waals surface area (Å²) in [7, 11) is 0. The van der Waals surface area contributed by atoms with Crippen molar-refractivity contribution >= 4 is 0 Å². The first kappa shape index (κ1) is 9.47. The van der Waals surface area contributed by atoms with E-state index in [-0.39, 0.29) is 12.0 Å². The minimum atomic E-state index is -0.0264. The van der Waals surface area contributed by atoms with Crippen LogP contribution in [0.5, 0.6) is 0 Å². The first-order valence-electron chi connectivity index (χ1n) is 5.02. The molecule has 2 rings (SSSR count). The van der Waals surface area contributed by atoms with E-state index < -0.39 is 0 Å². The van der Waals surface area contributed by atoms with Crippen LogP contribution in [-0.4, -0.2) is 11.7 Å². The van der Waals surface area contributed by atoms with Crippen LogP contribution in [0.25, 0.3) is 0 Å². The van der Waals surface area contributed by atoms with Crippen LogP contribution in [0, 0.1) is 5.41 Å². The molecule has 0 unspecified atom stereocenters. The van der Waals surface area contributed by atoms with E-state index in [1.807, 2.05) is 25.1 Å². The Morgan fingerprint density at radius 3 is 2.57 bits per heavy atom. The minimum absolute atomic E-state index is 0.0264. The Hall–Kier alpha value is -1.08. The van der Waals surface area contributed by atoms with Crippen molar-refractivity contribution < 1.29 is 5.11 Å². The summed E-state index contributed by atoms with van der Waals surface area (Å²) >= 11 is 0. The smallest absolute Gasteiger partial charge is 0.0530 e. The summed E-state index contributed by atoms with van der Waals surface area (Å²) in [5.41, 5.74) is 2.40. The Morgan fingerprint density at radius 2 is 2.14 bits per heavy atom. The molecule has 1 heteroatoms. The molecule has 14 heavy (non-hydrogen) atoms. The van der Waals surface area contributed by atoms with Gasteiger partial charge >= 0.3 is 0 Å². The SMILES string of the molecule is C=C(C)[C@]1(CO)C[C@H]1c1ccccc1. The van der Waals surface area contributed by atoms with Crippen LogP contribution >= 0.6 is 0 Å². The van der Waals surface area contributed by atoms with Crippen molar-refractivity contribution in [3.63, 3.8) is 0 Å². The van der Waals surface area contributed by atoms with E-state index in [0.717, 1.165) is 12.0 Å². The third kappa shape index (κ3) is 1.28. The maximum Gasteiger partial charge on any atom is 0.0530 e. The first-order valence-corrected chi connectivity index (χ1v) is 5.02. The zero-order valence-corrected chi connectivity index (χ0v) is 8.53. The fraction of sp³-hybridized carbons (Fsp3) is 0.385. The zero-order chi connectivity index (χ0) is 10.2. The van der Waals surface area contributed by atoms with E-state index >= 15 is 0 Å². The van der Waals surface area contributed by atoms with Crippen molar-refractivity contribution in [1.29, 1.82) is 0 Å². The maximum absolute atomic E-state index is 9.40. The predicted molar refractivity (Wildman–Crippen MR) is 58.1 cm³/mol. The third-order valence-electron chi connectivity index (χ3n) is 3.41. The lowest BCUT2D eigenvalue weighted by Gasteiger charge is -2.14. The van der Waals surface area contributed by atoms with Crippen LogP contribution in [0.3, 0.4) is 0 Å². The molecule has 0 aromatic heterocycles. The van der Waals surface area contributed by atoms with Crippen molar-refractivity contribution in [2.45, 2.75) is 19.3 Å². The quantitative estimate of drug-likeness (QED) is 0.723. The van der Waals surface area contributed by atoms with Gasteiger partial charge in [-0.2, -0.15) is 0 Å². The molecule has 1 N–H and O–H groups in total. The lowest BCUT2D eigenvalue weighted by Crippen LogP contribution is -2.10. The number of rotatable bonds is 3. The van der Waals surface area contributed by atoms with Gasteiger partial charge in [-0.25, -0.2) is 0 Å². The van der Waals surface area contributed by atoms with Crippen LogP contribution in [0.4, 0.5) is 0 Å². The highest BCUT2D eigenvalue weighted by atomic mass is 16.3. The number of aliphatic hydroxyl groups is 1. The fourth-order valence-electron chi connectivity index (χ4n) is 2.21. The van der Waals surface area contributed by atoms with E-state index in [0.29, 0.717) is 5.92 Å². The number of aliphatic hydroxyl groups excluding tert-OH is 1. The van der Waals surface area contributed by atoms with Crippen LogP contribution in [-0.2, 0) is 0 Å². The zero-order valence-electron chi connectivity index (χ0n) is 8.53. The number of hydrogen-bond acceptors (Lipinski definition) is 1. The molecule has 1 aromatic rings. The van der Waals surface area contributed by atoms with Gasteiger partial charge in [-0.1, -0.05) is 42.5 Å². The molecule has 0 heterocycles. The molecule has 0 aliphatic heterocycles. The van der Waals surface area contributed by atoms with E-state index in [1.54, 1.807) is 0 Å². The fourth-order valence-corrected chi connectivity index (χ4v) is 2.21. The predicted octanol–water partition coefficient (Wildman–Crippen LogP) is 2.73. The molecule has 1 aromatic carbocycles. The minimum Gasteiger partial charge on any atom is -0.395 e. The van der Waals surface area contributed by atoms with E-state index in [2.05, 4.69) is 18.7 Å². The second-order valence-corrected chi connectivity index (χ2v) is 4.26. The summed E-state index contributed by atoms with van der Waals surface area (Å²) in [6.07, 6.45) is 1.04. The van der Waals surface area contributed by atoms with E-state index in [4.69, 9.17) is 0 Å². The van der Waals surface area contributed by atoms with Gasteiger partial charge in [0, 0.05) is 5.41 Å². The van der Waals surface area contributed by atoms with Crippen LogP contribution in [0.1, 0.15) is 24.8 Å². The molecule has 2 atom stereocenters. The third-order valence-corrected chi connectivity index (χ3v) is 3.41. The normalized spacial score (nSPS) is 30.0. The maximum atomic E-state index is 9.40. The van der Waals surface area contributed by atoms with Gasteiger partial charge in [0.25, 0.3) is 0 Å². The highest BCUT2D eigenvalue weighted by Crippen LogP contribution is 2.62. The highest BCUT2D eigenvalue weighted by Gasteiger charge is 2.54. The van der Waals surface area contributed by atoms with Crippen molar-refractivity contribution in [2.24, 2.45) is 5.41 Å². The molecule has 1 saturated carbocycles. The lowest BCUT2D eigenvalue weighted by atomic mass is 9.93. The molecule has 0 radical (unpaired) electrons. The van der Waals surface area contributed by atoms with Gasteiger partial charge in [0.2, 0.25) is 0 Å². The highest BCUT2D eigenvalue weighted by molar-refractivity contribution is 5.36. The average molecular weight is 188 g/mol. The second kappa shape index (κ2) is 3.25. The van der Waals surface area contributed by atoms with Crippen molar-refractivity contribution in [3.8, 4) is 0 Å². The van der Waals surface area contributed by atoms with Gasteiger partial charge < -0.3 is 5.11 Å². The summed E-state index contributed by atoms with van der Waals surface area (Å²) in [4.78, 5) is 0. The first-order chi connectivity index (χ1) is 6.70. The van der Waals surface area contributed by atoms with Crippen LogP contribution < -0.4 is 0 Å². The molecular weight excluding hydrogens is 172 g/mol. The average Bonchev–Trinajstić information content (AvgIpc) is 2.95. The summed E-state index contributed by atoms with van der Waals surface area (Å²) in [6, 6.07) is 10.4. The van der Waals surface area contributed by atoms with Crippen molar-refractivity contribution in [2.75, 3.05) is 6.61 Å². The Morgan fingerprint density at radius 1 is 1.50 bits per heavy atom. The molecule has 0 amide bonds. The number of benzene rings is 1. The molecule has 1 fully saturated rings. The van der Waals surface area contributed by atoms with Crippen LogP contribution in [0.2, 0.25) is 0 Å². The molecular formula is C13H16O. The summed E-state index contributed by atoms with van der Waals surface area (Å²) in [5, 5.41) is 9.40. The summed E-state index contributed by atoms with van der Waals surface area (Å²) < 4.78 is 0. The molecule has 0 spiro atoms. The van der Waals surface area contributed by atoms with Gasteiger partial charge in [-0.15, -0.1) is 0 Å². The van der Waals surface area contributed by atoms with Gasteiger partial charge in [0.15, 0.2) is 0 Å². The Balaban J connectivity index is 2.22. The molecule has 0 saturated heterocycles. The number of hydrogen-bond donors (Lipinski definition) is 1. The van der Waals surface area contributed by atoms with E-state index in [9.17, 15) is 5.11 Å². The van der Waals surface area contributed by atoms with Crippen molar-refractivity contribution in [1.82, 2.24) is 0 Å². The summed E-state index contributed by atoms with van der Waals surface area (Å²) in [6.45, 7) is 6.21. The molecule has 0 bridgehead atoms. The Labute approximate surface area is 85.1 Å². The van der Waals surface area contributed by atoms with Gasteiger partial charge in [0.1, 0.15) is 0 Å². The summed E-state index contributed by atoms with van der Waals surface area (Å²) in [5.74, 6) is 0.478. The van der Waals surface area contributed by atoms with E-state index in [1.165, 1.54) is 5.56 Å². The molecule has 1 nitrogen and oxygen atoms in total. The molecule has 74 valence electrons. The molecule has 1 aliphatic carbocycles. The standard InChI is InChI=1S/C13H16O/c1-10(2)13(9-14)8-12(13)11-6-4-3-5-7-11/h3-7,12,14H,1,8-9H2,2H3/t12-,13+/m0/s1. The second-order valence-electron chi connectivity index (χ2n) is 4.26. The van der Waals surface area contributed by atoms with Crippen molar-refractivity contribution in [3.05, 3.63) is 48.0 Å². The Kier molecular flexibility index (Phi) is 2.20. The van der Waals surface area contributed by atoms with Crippen LogP contribution in [0.15, 0.2) is 42.5 Å². The van der Waals surface area contributed by atoms with Gasteiger partial charge in [-0.05, 0) is 24.8 Å². The van der Waals surface area contributed by atoms with Gasteiger partial charge in [-0.3, -0.25) is 0 Å². The molecule has 1 aliphatic rings. The Bertz CT molecular complexity index is 342. The lowest BCUT2D eigenvalue weighted by molar-refractivity contribution is 0.230. The topological polar surface area (TPSA) is 20.2 Å².